The first-order chi connectivity index (χ1) is 11.7. The summed E-state index contributed by atoms with van der Waals surface area (Å²) in [5.74, 6) is 0.906. The van der Waals surface area contributed by atoms with Crippen LogP contribution in [0, 0.1) is 0 Å². The summed E-state index contributed by atoms with van der Waals surface area (Å²) in [6.45, 7) is 10.6. The van der Waals surface area contributed by atoms with Crippen LogP contribution in [0.1, 0.15) is 25.8 Å². The van der Waals surface area contributed by atoms with Gasteiger partial charge in [-0.3, -0.25) is 14.6 Å². The molecule has 1 aliphatic heterocycles. The van der Waals surface area contributed by atoms with Crippen LogP contribution < -0.4 is 10.6 Å². The fourth-order valence-corrected chi connectivity index (χ4v) is 2.80. The van der Waals surface area contributed by atoms with E-state index >= 15 is 0 Å². The number of hydrogen-bond acceptors (Lipinski definition) is 4. The number of guanidine groups is 1. The van der Waals surface area contributed by atoms with Gasteiger partial charge in [-0.15, -0.1) is 0 Å². The molecule has 0 amide bonds. The number of nitrogens with zero attached hydrogens (tertiary/aromatic N) is 4. The van der Waals surface area contributed by atoms with E-state index in [0.717, 1.165) is 64.7 Å². The third kappa shape index (κ3) is 6.49. The zero-order chi connectivity index (χ0) is 17.2. The van der Waals surface area contributed by atoms with Crippen molar-refractivity contribution in [1.82, 2.24) is 25.3 Å². The van der Waals surface area contributed by atoms with Crippen LogP contribution in [0.25, 0.3) is 0 Å². The fraction of sp³-hybridized carbons (Fsp3) is 0.765. The standard InChI is InChI=1S/C17H32N6O/c1-4-18-17(19-7-5-6-16-13-21-22(3)14-16)20-12-15(2)23-8-10-24-11-9-23/h13-15H,4-12H2,1-3H3,(H2,18,19,20). The lowest BCUT2D eigenvalue weighted by molar-refractivity contribution is 0.0220. The second kappa shape index (κ2) is 10.3. The molecule has 7 heteroatoms. The van der Waals surface area contributed by atoms with Crippen molar-refractivity contribution in [2.75, 3.05) is 45.9 Å². The SMILES string of the molecule is CCNC(=NCC(C)N1CCOCC1)NCCCc1cnn(C)c1. The van der Waals surface area contributed by atoms with Crippen LogP contribution in [0.5, 0.6) is 0 Å². The average molecular weight is 336 g/mol. The molecule has 1 fully saturated rings. The molecule has 1 aliphatic rings. The topological polar surface area (TPSA) is 66.7 Å². The lowest BCUT2D eigenvalue weighted by atomic mass is 10.2. The lowest BCUT2D eigenvalue weighted by Crippen LogP contribution is -2.44. The molecule has 1 aromatic heterocycles. The third-order valence-electron chi connectivity index (χ3n) is 4.22. The summed E-state index contributed by atoms with van der Waals surface area (Å²) in [4.78, 5) is 7.18. The molecule has 7 nitrogen and oxygen atoms in total. The maximum absolute atomic E-state index is 5.41. The van der Waals surface area contributed by atoms with Gasteiger partial charge >= 0.3 is 0 Å². The first-order valence-electron chi connectivity index (χ1n) is 9.00. The minimum absolute atomic E-state index is 0.444. The highest BCUT2D eigenvalue weighted by atomic mass is 16.5. The monoisotopic (exact) mass is 336 g/mol. The fourth-order valence-electron chi connectivity index (χ4n) is 2.80. The molecule has 2 rings (SSSR count). The van der Waals surface area contributed by atoms with E-state index in [-0.39, 0.29) is 0 Å². The molecule has 0 aromatic carbocycles. The summed E-state index contributed by atoms with van der Waals surface area (Å²) >= 11 is 0. The highest BCUT2D eigenvalue weighted by molar-refractivity contribution is 5.79. The van der Waals surface area contributed by atoms with Gasteiger partial charge in [0.25, 0.3) is 0 Å². The molecule has 2 heterocycles. The minimum atomic E-state index is 0.444. The van der Waals surface area contributed by atoms with E-state index in [2.05, 4.69) is 40.7 Å². The molecule has 136 valence electrons. The summed E-state index contributed by atoms with van der Waals surface area (Å²) in [5, 5.41) is 10.9. The van der Waals surface area contributed by atoms with E-state index in [1.165, 1.54) is 5.56 Å². The molecule has 0 radical (unpaired) electrons. The van der Waals surface area contributed by atoms with Gasteiger partial charge in [0.2, 0.25) is 0 Å². The van der Waals surface area contributed by atoms with Gasteiger partial charge in [-0.25, -0.2) is 0 Å². The van der Waals surface area contributed by atoms with E-state index in [1.807, 2.05) is 17.9 Å². The number of nitrogens with one attached hydrogen (secondary N) is 2. The Balaban J connectivity index is 1.71. The quantitative estimate of drug-likeness (QED) is 0.414. The molecule has 0 saturated carbocycles. The van der Waals surface area contributed by atoms with Gasteiger partial charge in [-0.2, -0.15) is 5.10 Å². The van der Waals surface area contributed by atoms with E-state index in [0.29, 0.717) is 6.04 Å². The Bertz CT molecular complexity index is 495. The van der Waals surface area contributed by atoms with Crippen LogP contribution in [-0.2, 0) is 18.2 Å². The Morgan fingerprint density at radius 2 is 2.17 bits per heavy atom. The van der Waals surface area contributed by atoms with Gasteiger partial charge in [0.1, 0.15) is 0 Å². The first kappa shape index (κ1) is 18.7. The molecule has 0 bridgehead atoms. The van der Waals surface area contributed by atoms with Gasteiger partial charge in [0, 0.05) is 45.5 Å². The predicted octanol–water partition coefficient (Wildman–Crippen LogP) is 0.629. The number of aliphatic imine (C=N–C) groups is 1. The molecule has 0 spiro atoms. The minimum Gasteiger partial charge on any atom is -0.379 e. The normalized spacial score (nSPS) is 17.7. The summed E-state index contributed by atoms with van der Waals surface area (Å²) in [7, 11) is 1.95. The number of rotatable bonds is 8. The van der Waals surface area contributed by atoms with Crippen molar-refractivity contribution in [3.05, 3.63) is 18.0 Å². The second-order valence-electron chi connectivity index (χ2n) is 6.27. The van der Waals surface area contributed by atoms with Crippen molar-refractivity contribution in [2.45, 2.75) is 32.7 Å². The Morgan fingerprint density at radius 1 is 1.38 bits per heavy atom. The molecular formula is C17H32N6O. The molecular weight excluding hydrogens is 304 g/mol. The molecule has 1 aromatic rings. The maximum Gasteiger partial charge on any atom is 0.191 e. The van der Waals surface area contributed by atoms with Gasteiger partial charge in [-0.1, -0.05) is 0 Å². The molecule has 2 N–H and O–H groups in total. The summed E-state index contributed by atoms with van der Waals surface area (Å²) in [6, 6.07) is 0.444. The Morgan fingerprint density at radius 3 is 2.83 bits per heavy atom. The summed E-state index contributed by atoms with van der Waals surface area (Å²) < 4.78 is 7.26. The van der Waals surface area contributed by atoms with Gasteiger partial charge in [0.05, 0.1) is 26.0 Å². The highest BCUT2D eigenvalue weighted by Gasteiger charge is 2.16. The van der Waals surface area contributed by atoms with Crippen molar-refractivity contribution in [3.63, 3.8) is 0 Å². The van der Waals surface area contributed by atoms with Crippen molar-refractivity contribution in [1.29, 1.82) is 0 Å². The van der Waals surface area contributed by atoms with Crippen molar-refractivity contribution >= 4 is 5.96 Å². The second-order valence-corrected chi connectivity index (χ2v) is 6.27. The van der Waals surface area contributed by atoms with Crippen LogP contribution in [0.4, 0.5) is 0 Å². The molecule has 1 atom stereocenters. The van der Waals surface area contributed by atoms with Gasteiger partial charge < -0.3 is 15.4 Å². The van der Waals surface area contributed by atoms with Crippen LogP contribution in [-0.4, -0.2) is 72.6 Å². The predicted molar refractivity (Wildman–Crippen MR) is 97.4 cm³/mol. The molecule has 24 heavy (non-hydrogen) atoms. The summed E-state index contributed by atoms with van der Waals surface area (Å²) in [5.41, 5.74) is 1.28. The smallest absolute Gasteiger partial charge is 0.191 e. The molecule has 1 saturated heterocycles. The van der Waals surface area contributed by atoms with E-state index in [4.69, 9.17) is 9.73 Å². The zero-order valence-electron chi connectivity index (χ0n) is 15.3. The largest absolute Gasteiger partial charge is 0.379 e. The van der Waals surface area contributed by atoms with Crippen LogP contribution in [0.3, 0.4) is 0 Å². The zero-order valence-corrected chi connectivity index (χ0v) is 15.3. The Kier molecular flexibility index (Phi) is 8.04. The van der Waals surface area contributed by atoms with E-state index < -0.39 is 0 Å². The van der Waals surface area contributed by atoms with E-state index in [1.54, 1.807) is 0 Å². The van der Waals surface area contributed by atoms with Crippen molar-refractivity contribution < 1.29 is 4.74 Å². The number of ether oxygens (including phenoxy) is 1. The van der Waals surface area contributed by atoms with Crippen LogP contribution >= 0.6 is 0 Å². The molecule has 0 aliphatic carbocycles. The third-order valence-corrected chi connectivity index (χ3v) is 4.22. The van der Waals surface area contributed by atoms with E-state index in [9.17, 15) is 0 Å². The van der Waals surface area contributed by atoms with Crippen LogP contribution in [0.2, 0.25) is 0 Å². The Labute approximate surface area is 145 Å². The number of aryl methyl sites for hydroxylation is 2. The Hall–Kier alpha value is -1.60. The maximum atomic E-state index is 5.41. The van der Waals surface area contributed by atoms with Crippen molar-refractivity contribution in [3.8, 4) is 0 Å². The molecule has 1 unspecified atom stereocenters. The number of aromatic nitrogens is 2. The summed E-state index contributed by atoms with van der Waals surface area (Å²) in [6.07, 6.45) is 6.10. The number of morpholine rings is 1. The highest BCUT2D eigenvalue weighted by Crippen LogP contribution is 2.04. The van der Waals surface area contributed by atoms with Crippen molar-refractivity contribution in [2.24, 2.45) is 12.0 Å². The van der Waals surface area contributed by atoms with Gasteiger partial charge in [-0.05, 0) is 32.3 Å². The van der Waals surface area contributed by atoms with Gasteiger partial charge in [0.15, 0.2) is 5.96 Å². The van der Waals surface area contributed by atoms with Crippen LogP contribution in [0.15, 0.2) is 17.4 Å². The average Bonchev–Trinajstić information content (AvgIpc) is 3.02. The first-order valence-corrected chi connectivity index (χ1v) is 9.00. The lowest BCUT2D eigenvalue weighted by Gasteiger charge is -2.31. The number of hydrogen-bond donors (Lipinski definition) is 2.